The lowest BCUT2D eigenvalue weighted by molar-refractivity contribution is 0.0633. The second-order valence-electron chi connectivity index (χ2n) is 5.71. The Kier molecular flexibility index (Phi) is 5.25. The fourth-order valence-electron chi connectivity index (χ4n) is 2.76. The lowest BCUT2D eigenvalue weighted by Crippen LogP contribution is -2.48. The van der Waals surface area contributed by atoms with Crippen molar-refractivity contribution in [2.24, 2.45) is 7.05 Å². The highest BCUT2D eigenvalue weighted by Crippen LogP contribution is 2.33. The molecule has 1 amide bonds. The van der Waals surface area contributed by atoms with Gasteiger partial charge < -0.3 is 4.90 Å². The maximum atomic E-state index is 12.6. The number of aromatic nitrogens is 2. The molecular weight excluding hydrogens is 444 g/mol. The topological polar surface area (TPSA) is 41.4 Å². The molecule has 0 saturated carbocycles. The molecule has 2 aromatic rings. The largest absolute Gasteiger partial charge is 0.335 e. The number of rotatable bonds is 3. The van der Waals surface area contributed by atoms with Crippen molar-refractivity contribution < 1.29 is 4.79 Å². The number of piperazine rings is 1. The van der Waals surface area contributed by atoms with Crippen LogP contribution in [0.3, 0.4) is 0 Å². The fraction of sp³-hybridized carbons (Fsp3) is 0.467. The van der Waals surface area contributed by atoms with Gasteiger partial charge in [-0.1, -0.05) is 0 Å². The number of carbonyl (C=O) groups excluding carboxylic acids is 1. The van der Waals surface area contributed by atoms with Gasteiger partial charge in [0, 0.05) is 56.0 Å². The summed E-state index contributed by atoms with van der Waals surface area (Å²) in [6.45, 7) is 6.28. The Morgan fingerprint density at radius 3 is 2.52 bits per heavy atom. The Labute approximate surface area is 156 Å². The van der Waals surface area contributed by atoms with Crippen LogP contribution in [0.1, 0.15) is 20.9 Å². The third-order valence-corrected chi connectivity index (χ3v) is 7.27. The minimum atomic E-state index is 0.124. The summed E-state index contributed by atoms with van der Waals surface area (Å²) in [4.78, 5) is 17.7. The van der Waals surface area contributed by atoms with Crippen molar-refractivity contribution in [3.8, 4) is 0 Å². The monoisotopic (exact) mass is 460 g/mol. The van der Waals surface area contributed by atoms with Crippen LogP contribution >= 0.6 is 43.2 Å². The van der Waals surface area contributed by atoms with E-state index in [1.54, 1.807) is 0 Å². The smallest absolute Gasteiger partial charge is 0.264 e. The predicted octanol–water partition coefficient (Wildman–Crippen LogP) is 3.27. The molecule has 8 heteroatoms. The van der Waals surface area contributed by atoms with Gasteiger partial charge in [0.05, 0.1) is 14.4 Å². The Bertz CT molecular complexity index is 700. The van der Waals surface area contributed by atoms with Gasteiger partial charge >= 0.3 is 0 Å². The summed E-state index contributed by atoms with van der Waals surface area (Å²) in [6, 6.07) is 1.89. The first-order valence-electron chi connectivity index (χ1n) is 7.39. The maximum absolute atomic E-state index is 12.6. The van der Waals surface area contributed by atoms with Crippen LogP contribution in [0, 0.1) is 6.92 Å². The van der Waals surface area contributed by atoms with Crippen molar-refractivity contribution in [3.05, 3.63) is 36.7 Å². The lowest BCUT2D eigenvalue weighted by Gasteiger charge is -2.34. The first kappa shape index (κ1) is 17.1. The van der Waals surface area contributed by atoms with Gasteiger partial charge in [0.25, 0.3) is 5.91 Å². The van der Waals surface area contributed by atoms with E-state index in [9.17, 15) is 4.79 Å². The summed E-state index contributed by atoms with van der Waals surface area (Å²) >= 11 is 8.37. The first-order chi connectivity index (χ1) is 10.9. The van der Waals surface area contributed by atoms with Crippen molar-refractivity contribution in [1.82, 2.24) is 19.6 Å². The number of hydrogen-bond acceptors (Lipinski definition) is 4. The molecule has 23 heavy (non-hydrogen) atoms. The zero-order chi connectivity index (χ0) is 16.6. The molecule has 1 saturated heterocycles. The van der Waals surface area contributed by atoms with Crippen LogP contribution in [0.5, 0.6) is 0 Å². The molecule has 2 aromatic heterocycles. The van der Waals surface area contributed by atoms with Crippen LogP contribution in [-0.4, -0.2) is 51.7 Å². The molecule has 1 aliphatic heterocycles. The summed E-state index contributed by atoms with van der Waals surface area (Å²) in [5.74, 6) is 0.124. The van der Waals surface area contributed by atoms with Crippen LogP contribution < -0.4 is 0 Å². The molecule has 3 heterocycles. The van der Waals surface area contributed by atoms with E-state index in [0.29, 0.717) is 0 Å². The van der Waals surface area contributed by atoms with Gasteiger partial charge in [-0.05, 0) is 44.8 Å². The molecular formula is C15H18Br2N4OS. The average molecular weight is 462 g/mol. The van der Waals surface area contributed by atoms with Crippen LogP contribution in [0.25, 0.3) is 0 Å². The van der Waals surface area contributed by atoms with Gasteiger partial charge in [-0.15, -0.1) is 11.3 Å². The number of carbonyl (C=O) groups is 1. The third kappa shape index (κ3) is 3.87. The molecule has 5 nitrogen and oxygen atoms in total. The Morgan fingerprint density at radius 2 is 2.00 bits per heavy atom. The van der Waals surface area contributed by atoms with E-state index < -0.39 is 0 Å². The highest BCUT2D eigenvalue weighted by Gasteiger charge is 2.24. The molecule has 3 rings (SSSR count). The summed E-state index contributed by atoms with van der Waals surface area (Å²) in [6.07, 6.45) is 2.08. The molecule has 0 bridgehead atoms. The van der Waals surface area contributed by atoms with Crippen molar-refractivity contribution >= 4 is 49.1 Å². The van der Waals surface area contributed by atoms with Crippen LogP contribution in [0.4, 0.5) is 0 Å². The summed E-state index contributed by atoms with van der Waals surface area (Å²) in [7, 11) is 1.95. The minimum Gasteiger partial charge on any atom is -0.335 e. The molecule has 0 spiro atoms. The zero-order valence-corrected chi connectivity index (χ0v) is 17.0. The Hall–Kier alpha value is -0.700. The van der Waals surface area contributed by atoms with Crippen LogP contribution in [-0.2, 0) is 13.6 Å². The zero-order valence-electron chi connectivity index (χ0n) is 13.1. The molecule has 0 unspecified atom stereocenters. The van der Waals surface area contributed by atoms with Gasteiger partial charge in [-0.2, -0.15) is 5.10 Å². The first-order valence-corrected chi connectivity index (χ1v) is 9.80. The summed E-state index contributed by atoms with van der Waals surface area (Å²) in [5.41, 5.74) is 2.35. The number of halogens is 2. The molecule has 1 aliphatic rings. The average Bonchev–Trinajstić information content (AvgIpc) is 3.01. The van der Waals surface area contributed by atoms with Crippen molar-refractivity contribution in [3.63, 3.8) is 0 Å². The Morgan fingerprint density at radius 1 is 1.30 bits per heavy atom. The molecule has 0 radical (unpaired) electrons. The van der Waals surface area contributed by atoms with E-state index in [-0.39, 0.29) is 5.91 Å². The standard InChI is InChI=1S/C15H18Br2N4OS/c1-10-11(8-19(2)18-10)9-20-3-5-21(6-4-20)15(22)13-7-12(16)14(17)23-13/h7-8H,3-6,9H2,1-2H3. The van der Waals surface area contributed by atoms with Crippen LogP contribution in [0.2, 0.25) is 0 Å². The second-order valence-corrected chi connectivity index (χ2v) is 8.94. The molecule has 124 valence electrons. The number of aryl methyl sites for hydroxylation is 2. The third-order valence-electron chi connectivity index (χ3n) is 4.02. The molecule has 0 atom stereocenters. The quantitative estimate of drug-likeness (QED) is 0.704. The van der Waals surface area contributed by atoms with Gasteiger partial charge in [0.1, 0.15) is 0 Å². The van der Waals surface area contributed by atoms with E-state index in [1.165, 1.54) is 16.9 Å². The summed E-state index contributed by atoms with van der Waals surface area (Å²) in [5, 5.41) is 4.39. The van der Waals surface area contributed by atoms with Crippen molar-refractivity contribution in [2.45, 2.75) is 13.5 Å². The van der Waals surface area contributed by atoms with Crippen molar-refractivity contribution in [2.75, 3.05) is 26.2 Å². The van der Waals surface area contributed by atoms with Gasteiger partial charge in [0.2, 0.25) is 0 Å². The second kappa shape index (κ2) is 7.04. The van der Waals surface area contributed by atoms with E-state index in [1.807, 2.05) is 29.6 Å². The number of nitrogens with zero attached hydrogens (tertiary/aromatic N) is 4. The van der Waals surface area contributed by atoms with Gasteiger partial charge in [0.15, 0.2) is 0 Å². The molecule has 0 aromatic carbocycles. The minimum absolute atomic E-state index is 0.124. The van der Waals surface area contributed by atoms with E-state index in [2.05, 4.69) is 48.1 Å². The number of hydrogen-bond donors (Lipinski definition) is 0. The molecule has 1 fully saturated rings. The lowest BCUT2D eigenvalue weighted by atomic mass is 10.2. The highest BCUT2D eigenvalue weighted by atomic mass is 79.9. The number of thiophene rings is 1. The fourth-order valence-corrected chi connectivity index (χ4v) is 4.77. The van der Waals surface area contributed by atoms with Crippen LogP contribution in [0.15, 0.2) is 20.5 Å². The maximum Gasteiger partial charge on any atom is 0.264 e. The predicted molar refractivity (Wildman–Crippen MR) is 98.8 cm³/mol. The SMILES string of the molecule is Cc1nn(C)cc1CN1CCN(C(=O)c2cc(Br)c(Br)s2)CC1. The molecule has 0 N–H and O–H groups in total. The normalized spacial score (nSPS) is 16.1. The molecule has 0 aliphatic carbocycles. The van der Waals surface area contributed by atoms with E-state index >= 15 is 0 Å². The van der Waals surface area contributed by atoms with Gasteiger partial charge in [-0.25, -0.2) is 0 Å². The number of amides is 1. The summed E-state index contributed by atoms with van der Waals surface area (Å²) < 4.78 is 3.76. The Balaban J connectivity index is 1.57. The van der Waals surface area contributed by atoms with E-state index in [0.717, 1.165) is 51.6 Å². The van der Waals surface area contributed by atoms with E-state index in [4.69, 9.17) is 0 Å². The highest BCUT2D eigenvalue weighted by molar-refractivity contribution is 9.13. The van der Waals surface area contributed by atoms with Crippen molar-refractivity contribution in [1.29, 1.82) is 0 Å². The van der Waals surface area contributed by atoms with Gasteiger partial charge in [-0.3, -0.25) is 14.4 Å².